The molecule has 0 aliphatic carbocycles. The van der Waals surface area contributed by atoms with Gasteiger partial charge in [0.1, 0.15) is 5.76 Å². The second kappa shape index (κ2) is 9.96. The number of halogens is 1. The summed E-state index contributed by atoms with van der Waals surface area (Å²) in [6.45, 7) is 2.62. The molecule has 0 saturated carbocycles. The molecule has 2 N–H and O–H groups in total. The maximum Gasteiger partial charge on any atom is 0.191 e. The van der Waals surface area contributed by atoms with Crippen molar-refractivity contribution in [3.63, 3.8) is 0 Å². The first-order chi connectivity index (χ1) is 12.2. The lowest BCUT2D eigenvalue weighted by atomic mass is 9.87. The van der Waals surface area contributed by atoms with Gasteiger partial charge in [-0.05, 0) is 50.6 Å². The van der Waals surface area contributed by atoms with E-state index in [1.54, 1.807) is 13.3 Å². The largest absolute Gasteiger partial charge is 0.467 e. The molecule has 3 heterocycles. The van der Waals surface area contributed by atoms with Crippen LogP contribution in [0.1, 0.15) is 30.3 Å². The molecule has 0 bridgehead atoms. The van der Waals surface area contributed by atoms with Crippen LogP contribution in [-0.4, -0.2) is 47.8 Å². The van der Waals surface area contributed by atoms with Crippen molar-refractivity contribution in [3.05, 3.63) is 42.1 Å². The van der Waals surface area contributed by atoms with E-state index in [0.717, 1.165) is 24.8 Å². The van der Waals surface area contributed by atoms with Crippen molar-refractivity contribution in [1.29, 1.82) is 0 Å². The highest BCUT2D eigenvalue weighted by molar-refractivity contribution is 14.0. The molecule has 1 saturated heterocycles. The number of piperidine rings is 1. The smallest absolute Gasteiger partial charge is 0.191 e. The summed E-state index contributed by atoms with van der Waals surface area (Å²) in [4.78, 5) is 6.75. The van der Waals surface area contributed by atoms with Gasteiger partial charge in [0.2, 0.25) is 0 Å². The minimum absolute atomic E-state index is 0. The van der Waals surface area contributed by atoms with E-state index in [4.69, 9.17) is 4.42 Å². The van der Waals surface area contributed by atoms with E-state index in [0.29, 0.717) is 18.5 Å². The van der Waals surface area contributed by atoms with Gasteiger partial charge in [-0.3, -0.25) is 14.6 Å². The second-order valence-corrected chi connectivity index (χ2v) is 6.59. The molecule has 0 radical (unpaired) electrons. The predicted octanol–water partition coefficient (Wildman–Crippen LogP) is 2.38. The first kappa shape index (κ1) is 20.8. The Kier molecular flexibility index (Phi) is 7.95. The van der Waals surface area contributed by atoms with E-state index in [9.17, 15) is 0 Å². The third kappa shape index (κ3) is 5.00. The SMILES string of the molecule is CN=C(NCc1ccco1)NC[C@@H]1CCCN(C)[C@H]1c1ccnn1C.I. The summed E-state index contributed by atoms with van der Waals surface area (Å²) in [5, 5.41) is 11.1. The van der Waals surface area contributed by atoms with Crippen molar-refractivity contribution in [1.82, 2.24) is 25.3 Å². The monoisotopic (exact) mass is 472 g/mol. The zero-order valence-electron chi connectivity index (χ0n) is 15.7. The Balaban J connectivity index is 0.00000243. The number of aliphatic imine (C=N–C) groups is 1. The Morgan fingerprint density at radius 1 is 1.35 bits per heavy atom. The number of aromatic nitrogens is 2. The zero-order chi connectivity index (χ0) is 17.6. The van der Waals surface area contributed by atoms with E-state index in [2.05, 4.69) is 38.7 Å². The van der Waals surface area contributed by atoms with Gasteiger partial charge in [-0.25, -0.2) is 0 Å². The van der Waals surface area contributed by atoms with Crippen LogP contribution in [0.3, 0.4) is 0 Å². The molecule has 0 aromatic carbocycles. The molecule has 0 unspecified atom stereocenters. The molecule has 1 aliphatic heterocycles. The van der Waals surface area contributed by atoms with E-state index in [-0.39, 0.29) is 24.0 Å². The van der Waals surface area contributed by atoms with Crippen molar-refractivity contribution in [2.45, 2.75) is 25.4 Å². The molecular weight excluding hydrogens is 443 g/mol. The van der Waals surface area contributed by atoms with Gasteiger partial charge in [0, 0.05) is 26.8 Å². The number of furan rings is 1. The fourth-order valence-corrected chi connectivity index (χ4v) is 3.65. The number of nitrogens with zero attached hydrogens (tertiary/aromatic N) is 4. The number of hydrogen-bond acceptors (Lipinski definition) is 4. The third-order valence-corrected chi connectivity index (χ3v) is 4.93. The number of guanidine groups is 1. The maximum atomic E-state index is 5.35. The van der Waals surface area contributed by atoms with Crippen LogP contribution in [0.25, 0.3) is 0 Å². The van der Waals surface area contributed by atoms with Crippen LogP contribution in [0.15, 0.2) is 40.1 Å². The van der Waals surface area contributed by atoms with Crippen molar-refractivity contribution >= 4 is 29.9 Å². The fraction of sp³-hybridized carbons (Fsp3) is 0.556. The van der Waals surface area contributed by atoms with E-state index < -0.39 is 0 Å². The number of aryl methyl sites for hydroxylation is 1. The minimum Gasteiger partial charge on any atom is -0.467 e. The van der Waals surface area contributed by atoms with E-state index >= 15 is 0 Å². The van der Waals surface area contributed by atoms with Gasteiger partial charge in [-0.1, -0.05) is 0 Å². The van der Waals surface area contributed by atoms with Crippen LogP contribution in [-0.2, 0) is 13.6 Å². The maximum absolute atomic E-state index is 5.35. The van der Waals surface area contributed by atoms with Gasteiger partial charge in [-0.15, -0.1) is 24.0 Å². The predicted molar refractivity (Wildman–Crippen MR) is 114 cm³/mol. The van der Waals surface area contributed by atoms with Gasteiger partial charge in [0.05, 0.1) is 24.5 Å². The molecule has 2 aromatic rings. The van der Waals surface area contributed by atoms with Crippen LogP contribution < -0.4 is 10.6 Å². The van der Waals surface area contributed by atoms with Crippen LogP contribution >= 0.6 is 24.0 Å². The second-order valence-electron chi connectivity index (χ2n) is 6.59. The third-order valence-electron chi connectivity index (χ3n) is 4.93. The number of rotatable bonds is 5. The molecule has 0 amide bonds. The quantitative estimate of drug-likeness (QED) is 0.398. The molecule has 8 heteroatoms. The summed E-state index contributed by atoms with van der Waals surface area (Å²) in [6, 6.07) is 6.35. The summed E-state index contributed by atoms with van der Waals surface area (Å²) < 4.78 is 7.34. The summed E-state index contributed by atoms with van der Waals surface area (Å²) in [5.74, 6) is 2.21. The highest BCUT2D eigenvalue weighted by atomic mass is 127. The number of likely N-dealkylation sites (tertiary alicyclic amines) is 1. The fourth-order valence-electron chi connectivity index (χ4n) is 3.65. The average Bonchev–Trinajstić information content (AvgIpc) is 3.27. The molecule has 2 atom stereocenters. The molecular formula is C18H29IN6O. The first-order valence-electron chi connectivity index (χ1n) is 8.84. The average molecular weight is 472 g/mol. The Morgan fingerprint density at radius 3 is 2.85 bits per heavy atom. The normalized spacial score (nSPS) is 21.3. The molecule has 1 aliphatic rings. The lowest BCUT2D eigenvalue weighted by Gasteiger charge is -2.39. The van der Waals surface area contributed by atoms with Crippen molar-refractivity contribution < 1.29 is 4.42 Å². The van der Waals surface area contributed by atoms with Crippen LogP contribution in [0, 0.1) is 5.92 Å². The molecule has 26 heavy (non-hydrogen) atoms. The standard InChI is InChI=1S/C18H28N6O.HI/c1-19-18(21-13-15-7-5-11-25-15)20-12-14-6-4-10-23(2)17(14)16-8-9-22-24(16)3;/h5,7-9,11,14,17H,4,6,10,12-13H2,1-3H3,(H2,19,20,21);1H/t14-,17+;/m0./s1. The van der Waals surface area contributed by atoms with Gasteiger partial charge in [-0.2, -0.15) is 5.10 Å². The summed E-state index contributed by atoms with van der Waals surface area (Å²) in [5.41, 5.74) is 1.27. The topological polar surface area (TPSA) is 70.6 Å². The van der Waals surface area contributed by atoms with Gasteiger partial charge < -0.3 is 15.1 Å². The van der Waals surface area contributed by atoms with Gasteiger partial charge in [0.15, 0.2) is 5.96 Å². The molecule has 7 nitrogen and oxygen atoms in total. The van der Waals surface area contributed by atoms with Crippen molar-refractivity contribution in [2.24, 2.45) is 18.0 Å². The van der Waals surface area contributed by atoms with Gasteiger partial charge >= 0.3 is 0 Å². The minimum atomic E-state index is 0. The van der Waals surface area contributed by atoms with Crippen molar-refractivity contribution in [3.8, 4) is 0 Å². The molecule has 0 spiro atoms. The molecule has 2 aromatic heterocycles. The lowest BCUT2D eigenvalue weighted by Crippen LogP contribution is -2.45. The molecule has 3 rings (SSSR count). The van der Waals surface area contributed by atoms with E-state index in [1.165, 1.54) is 18.5 Å². The Labute approximate surface area is 172 Å². The molecule has 1 fully saturated rings. The van der Waals surface area contributed by atoms with Crippen LogP contribution in [0.4, 0.5) is 0 Å². The highest BCUT2D eigenvalue weighted by Gasteiger charge is 2.32. The Bertz CT molecular complexity index is 684. The number of nitrogens with one attached hydrogen (secondary N) is 2. The summed E-state index contributed by atoms with van der Waals surface area (Å²) >= 11 is 0. The number of hydrogen-bond donors (Lipinski definition) is 2. The Morgan fingerprint density at radius 2 is 2.19 bits per heavy atom. The summed E-state index contributed by atoms with van der Waals surface area (Å²) in [7, 11) is 6.02. The van der Waals surface area contributed by atoms with E-state index in [1.807, 2.05) is 30.1 Å². The van der Waals surface area contributed by atoms with Crippen LogP contribution in [0.2, 0.25) is 0 Å². The molecule has 144 valence electrons. The lowest BCUT2D eigenvalue weighted by molar-refractivity contribution is 0.116. The van der Waals surface area contributed by atoms with Crippen molar-refractivity contribution in [2.75, 3.05) is 27.2 Å². The van der Waals surface area contributed by atoms with Gasteiger partial charge in [0.25, 0.3) is 0 Å². The first-order valence-corrected chi connectivity index (χ1v) is 8.84. The highest BCUT2D eigenvalue weighted by Crippen LogP contribution is 2.34. The Hall–Kier alpha value is -1.55. The summed E-state index contributed by atoms with van der Waals surface area (Å²) in [6.07, 6.45) is 5.98. The van der Waals surface area contributed by atoms with Crippen LogP contribution in [0.5, 0.6) is 0 Å². The zero-order valence-corrected chi connectivity index (χ0v) is 18.0.